The van der Waals surface area contributed by atoms with Gasteiger partial charge in [0.15, 0.2) is 0 Å². The number of hydrogen-bond donors (Lipinski definition) is 2. The van der Waals surface area contributed by atoms with Gasteiger partial charge in [-0.05, 0) is 84.5 Å². The fourth-order valence-electron chi connectivity index (χ4n) is 6.04. The van der Waals surface area contributed by atoms with Crippen molar-refractivity contribution in [2.45, 2.75) is 51.0 Å². The first kappa shape index (κ1) is 14.3. The zero-order valence-electron chi connectivity index (χ0n) is 13.3. The first-order valence-electron chi connectivity index (χ1n) is 8.64. The third-order valence-corrected chi connectivity index (χ3v) is 6.80. The summed E-state index contributed by atoms with van der Waals surface area (Å²) in [7, 11) is 0. The van der Waals surface area contributed by atoms with Crippen molar-refractivity contribution >= 4 is 0 Å². The Hall–Kier alpha value is -1.28. The van der Waals surface area contributed by atoms with E-state index in [1.54, 1.807) is 0 Å². The van der Waals surface area contributed by atoms with Gasteiger partial charge in [0.05, 0.1) is 6.10 Å². The molecule has 0 aromatic heterocycles. The van der Waals surface area contributed by atoms with E-state index in [4.69, 9.17) is 0 Å². The van der Waals surface area contributed by atoms with E-state index < -0.39 is 0 Å². The molecule has 22 heavy (non-hydrogen) atoms. The average Bonchev–Trinajstić information content (AvgIpc) is 2.79. The number of phenols is 1. The van der Waals surface area contributed by atoms with E-state index in [1.165, 1.54) is 17.5 Å². The van der Waals surface area contributed by atoms with Gasteiger partial charge in [-0.25, -0.2) is 0 Å². The molecule has 2 N–H and O–H groups in total. The molecule has 1 aromatic carbocycles. The molecule has 1 aromatic rings. The van der Waals surface area contributed by atoms with Crippen LogP contribution in [0.15, 0.2) is 30.9 Å². The number of fused-ring (bicyclic) bond motifs is 5. The van der Waals surface area contributed by atoms with Crippen molar-refractivity contribution in [2.75, 3.05) is 0 Å². The lowest BCUT2D eigenvalue weighted by atomic mass is 9.52. The summed E-state index contributed by atoms with van der Waals surface area (Å²) in [5.41, 5.74) is 3.01. The predicted octanol–water partition coefficient (Wildman–Crippen LogP) is 4.02. The molecule has 0 unspecified atom stereocenters. The highest BCUT2D eigenvalue weighted by Gasteiger charge is 2.55. The molecule has 3 aliphatic carbocycles. The van der Waals surface area contributed by atoms with Crippen molar-refractivity contribution in [3.8, 4) is 5.75 Å². The lowest BCUT2D eigenvalue weighted by molar-refractivity contribution is 0.0332. The third-order valence-electron chi connectivity index (χ3n) is 6.80. The lowest BCUT2D eigenvalue weighted by Crippen LogP contribution is -2.43. The second kappa shape index (κ2) is 4.86. The number of aliphatic hydroxyl groups is 1. The highest BCUT2D eigenvalue weighted by atomic mass is 16.3. The molecular weight excluding hydrogens is 272 g/mol. The normalized spacial score (nSPS) is 43.1. The Bertz CT molecular complexity index is 608. The van der Waals surface area contributed by atoms with Gasteiger partial charge in [0.1, 0.15) is 5.75 Å². The Kier molecular flexibility index (Phi) is 3.16. The van der Waals surface area contributed by atoms with E-state index in [9.17, 15) is 10.2 Å². The Morgan fingerprint density at radius 1 is 1.32 bits per heavy atom. The van der Waals surface area contributed by atoms with E-state index in [1.807, 2.05) is 12.1 Å². The molecule has 2 nitrogen and oxygen atoms in total. The van der Waals surface area contributed by atoms with E-state index in [-0.39, 0.29) is 11.5 Å². The molecule has 3 aliphatic rings. The SMILES string of the molecule is C=C[C@H]1C[C@]2(C)C[C@@H](O)C[C@H]2[C@@H]2CCc3cc(O)ccc3[C@H]21. The Labute approximate surface area is 132 Å². The lowest BCUT2D eigenvalue weighted by Gasteiger charge is -2.52. The number of phenolic OH excluding ortho intramolecular Hbond substituents is 1. The molecule has 0 spiro atoms. The maximum absolute atomic E-state index is 10.2. The van der Waals surface area contributed by atoms with Crippen LogP contribution in [0.1, 0.15) is 49.7 Å². The van der Waals surface area contributed by atoms with Gasteiger partial charge in [0, 0.05) is 0 Å². The quantitative estimate of drug-likeness (QED) is 0.769. The van der Waals surface area contributed by atoms with Gasteiger partial charge in [-0.2, -0.15) is 0 Å². The van der Waals surface area contributed by atoms with Crippen LogP contribution in [-0.4, -0.2) is 16.3 Å². The molecule has 0 aliphatic heterocycles. The van der Waals surface area contributed by atoms with Gasteiger partial charge in [0.2, 0.25) is 0 Å². The second-order valence-electron chi connectivity index (χ2n) is 8.07. The minimum Gasteiger partial charge on any atom is -0.508 e. The van der Waals surface area contributed by atoms with Crippen LogP contribution < -0.4 is 0 Å². The number of allylic oxidation sites excluding steroid dienone is 1. The monoisotopic (exact) mass is 298 g/mol. The molecule has 0 saturated heterocycles. The number of aryl methyl sites for hydroxylation is 1. The summed E-state index contributed by atoms with van der Waals surface area (Å²) in [6.45, 7) is 6.50. The van der Waals surface area contributed by atoms with Crippen molar-refractivity contribution < 1.29 is 10.2 Å². The molecule has 118 valence electrons. The number of aliphatic hydroxyl groups excluding tert-OH is 1. The van der Waals surface area contributed by atoms with Crippen molar-refractivity contribution in [2.24, 2.45) is 23.2 Å². The summed E-state index contributed by atoms with van der Waals surface area (Å²) in [5, 5.41) is 20.0. The highest BCUT2D eigenvalue weighted by Crippen LogP contribution is 2.63. The largest absolute Gasteiger partial charge is 0.508 e. The van der Waals surface area contributed by atoms with Crippen LogP contribution in [-0.2, 0) is 6.42 Å². The van der Waals surface area contributed by atoms with Gasteiger partial charge in [-0.15, -0.1) is 6.58 Å². The molecule has 0 heterocycles. The van der Waals surface area contributed by atoms with Crippen molar-refractivity contribution in [3.63, 3.8) is 0 Å². The maximum Gasteiger partial charge on any atom is 0.115 e. The van der Waals surface area contributed by atoms with Crippen LogP contribution in [0.4, 0.5) is 0 Å². The minimum atomic E-state index is -0.125. The summed E-state index contributed by atoms with van der Waals surface area (Å²) >= 11 is 0. The molecule has 4 rings (SSSR count). The zero-order valence-corrected chi connectivity index (χ0v) is 13.3. The number of rotatable bonds is 1. The Morgan fingerprint density at radius 3 is 2.91 bits per heavy atom. The number of hydrogen-bond acceptors (Lipinski definition) is 2. The van der Waals surface area contributed by atoms with Gasteiger partial charge in [0.25, 0.3) is 0 Å². The Morgan fingerprint density at radius 2 is 2.14 bits per heavy atom. The highest BCUT2D eigenvalue weighted by molar-refractivity contribution is 5.41. The van der Waals surface area contributed by atoms with Crippen molar-refractivity contribution in [1.29, 1.82) is 0 Å². The van der Waals surface area contributed by atoms with Crippen LogP contribution >= 0.6 is 0 Å². The van der Waals surface area contributed by atoms with Crippen LogP contribution in [0.2, 0.25) is 0 Å². The van der Waals surface area contributed by atoms with Crippen LogP contribution in [0.25, 0.3) is 0 Å². The topological polar surface area (TPSA) is 40.5 Å². The standard InChI is InChI=1S/C20H26O2/c1-3-12-10-20(2)11-15(22)9-18(20)17-6-4-13-8-14(21)5-7-16(13)19(12)17/h3,5,7-8,12,15,17-19,21-22H,1,4,6,9-11H2,2H3/t12-,15-,17-,18-,19+,20+/m0/s1. The van der Waals surface area contributed by atoms with Gasteiger partial charge in [-0.1, -0.05) is 19.1 Å². The van der Waals surface area contributed by atoms with Crippen LogP contribution in [0.3, 0.4) is 0 Å². The van der Waals surface area contributed by atoms with Crippen molar-refractivity contribution in [1.82, 2.24) is 0 Å². The summed E-state index contributed by atoms with van der Waals surface area (Å²) in [6, 6.07) is 5.91. The summed E-state index contributed by atoms with van der Waals surface area (Å²) in [6.07, 6.45) is 7.31. The van der Waals surface area contributed by atoms with E-state index in [2.05, 4.69) is 25.6 Å². The fraction of sp³-hybridized carbons (Fsp3) is 0.600. The van der Waals surface area contributed by atoms with Gasteiger partial charge in [-0.3, -0.25) is 0 Å². The molecular formula is C20H26O2. The average molecular weight is 298 g/mol. The molecule has 2 heteroatoms. The fourth-order valence-corrected chi connectivity index (χ4v) is 6.04. The molecule has 2 fully saturated rings. The van der Waals surface area contributed by atoms with E-state index in [0.717, 1.165) is 25.7 Å². The molecule has 0 bridgehead atoms. The van der Waals surface area contributed by atoms with Crippen molar-refractivity contribution in [3.05, 3.63) is 42.0 Å². The third kappa shape index (κ3) is 1.96. The first-order valence-corrected chi connectivity index (χ1v) is 8.64. The molecule has 2 saturated carbocycles. The summed E-state index contributed by atoms with van der Waals surface area (Å²) in [4.78, 5) is 0. The zero-order chi connectivity index (χ0) is 15.5. The van der Waals surface area contributed by atoms with Gasteiger partial charge >= 0.3 is 0 Å². The summed E-state index contributed by atoms with van der Waals surface area (Å²) < 4.78 is 0. The summed E-state index contributed by atoms with van der Waals surface area (Å²) in [5.74, 6) is 2.66. The first-order chi connectivity index (χ1) is 10.5. The minimum absolute atomic E-state index is 0.125. The number of aromatic hydroxyl groups is 1. The van der Waals surface area contributed by atoms with Gasteiger partial charge < -0.3 is 10.2 Å². The van der Waals surface area contributed by atoms with E-state index in [0.29, 0.717) is 29.4 Å². The molecule has 0 radical (unpaired) electrons. The van der Waals surface area contributed by atoms with Crippen LogP contribution in [0.5, 0.6) is 5.75 Å². The van der Waals surface area contributed by atoms with Crippen LogP contribution in [0, 0.1) is 23.2 Å². The second-order valence-corrected chi connectivity index (χ2v) is 8.07. The number of benzene rings is 1. The Balaban J connectivity index is 1.78. The molecule has 6 atom stereocenters. The maximum atomic E-state index is 10.2. The molecule has 0 amide bonds. The van der Waals surface area contributed by atoms with E-state index >= 15 is 0 Å². The predicted molar refractivity (Wildman–Crippen MR) is 87.8 cm³/mol. The smallest absolute Gasteiger partial charge is 0.115 e.